The van der Waals surface area contributed by atoms with E-state index in [1.54, 1.807) is 18.2 Å². The number of nitrogens with zero attached hydrogens (tertiary/aromatic N) is 1. The number of thiophene rings is 1. The number of para-hydroxylation sites is 1. The lowest BCUT2D eigenvalue weighted by atomic mass is 10.2. The lowest BCUT2D eigenvalue weighted by Gasteiger charge is -2.02. The zero-order valence-electron chi connectivity index (χ0n) is 9.76. The fraction of sp³-hybridized carbons (Fsp3) is 0. The molecule has 0 saturated carbocycles. The smallest absolute Gasteiger partial charge is 0.266 e. The van der Waals surface area contributed by atoms with Crippen molar-refractivity contribution in [1.29, 1.82) is 5.26 Å². The summed E-state index contributed by atoms with van der Waals surface area (Å²) in [7, 11) is 0. The Morgan fingerprint density at radius 3 is 2.58 bits per heavy atom. The van der Waals surface area contributed by atoms with Crippen LogP contribution in [0.15, 0.2) is 51.8 Å². The van der Waals surface area contributed by atoms with E-state index in [0.717, 1.165) is 8.66 Å². The van der Waals surface area contributed by atoms with Crippen LogP contribution >= 0.6 is 27.3 Å². The monoisotopic (exact) mass is 332 g/mol. The third-order valence-corrected chi connectivity index (χ3v) is 3.85. The van der Waals surface area contributed by atoms with E-state index in [1.165, 1.54) is 11.3 Å². The number of halogens is 1. The molecular formula is C14H9BrN2OS. The number of rotatable bonds is 3. The molecule has 0 atom stereocenters. The molecule has 19 heavy (non-hydrogen) atoms. The van der Waals surface area contributed by atoms with E-state index >= 15 is 0 Å². The first kappa shape index (κ1) is 13.5. The molecule has 5 heteroatoms. The second kappa shape index (κ2) is 6.32. The Morgan fingerprint density at radius 2 is 2.00 bits per heavy atom. The van der Waals surface area contributed by atoms with Gasteiger partial charge < -0.3 is 5.32 Å². The summed E-state index contributed by atoms with van der Waals surface area (Å²) in [6, 6.07) is 14.7. The number of nitrogens with one attached hydrogen (secondary N) is 1. The molecule has 0 aliphatic rings. The van der Waals surface area contributed by atoms with E-state index in [4.69, 9.17) is 5.26 Å². The van der Waals surface area contributed by atoms with Gasteiger partial charge in [0.25, 0.3) is 5.91 Å². The molecule has 1 heterocycles. The van der Waals surface area contributed by atoms with Crippen molar-refractivity contribution in [1.82, 2.24) is 0 Å². The summed E-state index contributed by atoms with van der Waals surface area (Å²) in [5.41, 5.74) is 0.749. The van der Waals surface area contributed by atoms with Gasteiger partial charge in [0, 0.05) is 10.6 Å². The summed E-state index contributed by atoms with van der Waals surface area (Å²) in [4.78, 5) is 12.8. The maximum absolute atomic E-state index is 11.9. The van der Waals surface area contributed by atoms with E-state index in [2.05, 4.69) is 21.2 Å². The highest BCUT2D eigenvalue weighted by molar-refractivity contribution is 9.11. The number of benzene rings is 1. The molecule has 1 amide bonds. The van der Waals surface area contributed by atoms with Crippen LogP contribution in [0.3, 0.4) is 0 Å². The first-order valence-corrected chi connectivity index (χ1v) is 7.03. The number of anilines is 1. The van der Waals surface area contributed by atoms with Crippen molar-refractivity contribution in [2.24, 2.45) is 0 Å². The summed E-state index contributed by atoms with van der Waals surface area (Å²) in [5.74, 6) is -0.404. The highest BCUT2D eigenvalue weighted by Crippen LogP contribution is 2.24. The van der Waals surface area contributed by atoms with Gasteiger partial charge >= 0.3 is 0 Å². The normalized spacial score (nSPS) is 10.8. The lowest BCUT2D eigenvalue weighted by molar-refractivity contribution is -0.112. The maximum atomic E-state index is 11.9. The highest BCUT2D eigenvalue weighted by Gasteiger charge is 2.09. The summed E-state index contributed by atoms with van der Waals surface area (Å²) < 4.78 is 0.958. The number of amides is 1. The van der Waals surface area contributed by atoms with Crippen LogP contribution in [-0.2, 0) is 4.79 Å². The molecule has 2 aromatic rings. The minimum Gasteiger partial charge on any atom is -0.321 e. The molecule has 0 spiro atoms. The third-order valence-electron chi connectivity index (χ3n) is 2.28. The molecule has 0 unspecified atom stereocenters. The van der Waals surface area contributed by atoms with Gasteiger partial charge in [0.2, 0.25) is 0 Å². The van der Waals surface area contributed by atoms with Crippen molar-refractivity contribution in [2.45, 2.75) is 0 Å². The minimum atomic E-state index is -0.404. The van der Waals surface area contributed by atoms with E-state index in [9.17, 15) is 4.79 Å². The van der Waals surface area contributed by atoms with Crippen LogP contribution in [0, 0.1) is 11.3 Å². The molecule has 3 nitrogen and oxygen atoms in total. The van der Waals surface area contributed by atoms with E-state index in [-0.39, 0.29) is 5.57 Å². The molecule has 0 radical (unpaired) electrons. The predicted molar refractivity (Wildman–Crippen MR) is 80.7 cm³/mol. The standard InChI is InChI=1S/C14H9BrN2OS/c15-13-7-6-12(19-13)8-10(9-16)14(18)17-11-4-2-1-3-5-11/h1-8H,(H,17,18)/b10-8+. The van der Waals surface area contributed by atoms with Crippen LogP contribution in [0.5, 0.6) is 0 Å². The molecule has 1 aromatic heterocycles. The summed E-state index contributed by atoms with van der Waals surface area (Å²) in [6.45, 7) is 0. The predicted octanol–water partition coefficient (Wildman–Crippen LogP) is 4.06. The van der Waals surface area contributed by atoms with Crippen LogP contribution in [0.25, 0.3) is 6.08 Å². The molecule has 2 rings (SSSR count). The van der Waals surface area contributed by atoms with Crippen molar-refractivity contribution in [2.75, 3.05) is 5.32 Å². The molecule has 0 saturated heterocycles. The van der Waals surface area contributed by atoms with Gasteiger partial charge in [-0.2, -0.15) is 5.26 Å². The van der Waals surface area contributed by atoms with Gasteiger partial charge in [0.1, 0.15) is 11.6 Å². The first-order valence-electron chi connectivity index (χ1n) is 5.42. The van der Waals surface area contributed by atoms with Crippen molar-refractivity contribution >= 4 is 44.9 Å². The third kappa shape index (κ3) is 3.78. The fourth-order valence-corrected chi connectivity index (χ4v) is 2.78. The molecule has 0 aliphatic carbocycles. The van der Waals surface area contributed by atoms with Crippen LogP contribution < -0.4 is 5.32 Å². The molecule has 94 valence electrons. The SMILES string of the molecule is N#C/C(=C\c1ccc(Br)s1)C(=O)Nc1ccccc1. The quantitative estimate of drug-likeness (QED) is 0.680. The maximum Gasteiger partial charge on any atom is 0.266 e. The molecule has 0 fully saturated rings. The highest BCUT2D eigenvalue weighted by atomic mass is 79.9. The zero-order valence-corrected chi connectivity index (χ0v) is 12.2. The minimum absolute atomic E-state index is 0.0817. The number of hydrogen-bond donors (Lipinski definition) is 1. The second-order valence-corrected chi connectivity index (χ2v) is 6.13. The topological polar surface area (TPSA) is 52.9 Å². The van der Waals surface area contributed by atoms with Crippen LogP contribution in [0.1, 0.15) is 4.88 Å². The van der Waals surface area contributed by atoms with Crippen LogP contribution in [-0.4, -0.2) is 5.91 Å². The Bertz CT molecular complexity index is 656. The Labute approximate surface area is 123 Å². The average molecular weight is 333 g/mol. The van der Waals surface area contributed by atoms with Gasteiger partial charge in [-0.1, -0.05) is 18.2 Å². The van der Waals surface area contributed by atoms with Gasteiger partial charge in [-0.05, 0) is 46.3 Å². The number of hydrogen-bond acceptors (Lipinski definition) is 3. The second-order valence-electron chi connectivity index (χ2n) is 3.63. The van der Waals surface area contributed by atoms with E-state index < -0.39 is 5.91 Å². The van der Waals surface area contributed by atoms with E-state index in [1.807, 2.05) is 36.4 Å². The first-order chi connectivity index (χ1) is 9.19. The zero-order chi connectivity index (χ0) is 13.7. The molecule has 1 aromatic carbocycles. The van der Waals surface area contributed by atoms with Crippen molar-refractivity contribution in [3.8, 4) is 6.07 Å². The lowest BCUT2D eigenvalue weighted by Crippen LogP contribution is -2.13. The van der Waals surface area contributed by atoms with E-state index in [0.29, 0.717) is 5.69 Å². The Balaban J connectivity index is 2.16. The Morgan fingerprint density at radius 1 is 1.26 bits per heavy atom. The summed E-state index contributed by atoms with van der Waals surface area (Å²) >= 11 is 4.80. The Hall–Kier alpha value is -1.90. The van der Waals surface area contributed by atoms with Gasteiger partial charge in [-0.15, -0.1) is 11.3 Å². The van der Waals surface area contributed by atoms with Gasteiger partial charge in [-0.25, -0.2) is 0 Å². The van der Waals surface area contributed by atoms with Gasteiger partial charge in [0.15, 0.2) is 0 Å². The molecular weight excluding hydrogens is 324 g/mol. The van der Waals surface area contributed by atoms with Crippen LogP contribution in [0.2, 0.25) is 0 Å². The van der Waals surface area contributed by atoms with Gasteiger partial charge in [0.05, 0.1) is 3.79 Å². The van der Waals surface area contributed by atoms with Gasteiger partial charge in [-0.3, -0.25) is 4.79 Å². The molecule has 1 N–H and O–H groups in total. The number of carbonyl (C=O) groups excluding carboxylic acids is 1. The Kier molecular flexibility index (Phi) is 4.50. The fourth-order valence-electron chi connectivity index (χ4n) is 1.42. The molecule has 0 bridgehead atoms. The molecule has 0 aliphatic heterocycles. The number of nitriles is 1. The largest absolute Gasteiger partial charge is 0.321 e. The van der Waals surface area contributed by atoms with Crippen molar-refractivity contribution < 1.29 is 4.79 Å². The summed E-state index contributed by atoms with van der Waals surface area (Å²) in [5, 5.41) is 11.7. The summed E-state index contributed by atoms with van der Waals surface area (Å²) in [6.07, 6.45) is 1.58. The number of carbonyl (C=O) groups is 1. The van der Waals surface area contributed by atoms with Crippen molar-refractivity contribution in [3.05, 3.63) is 56.7 Å². The average Bonchev–Trinajstić information content (AvgIpc) is 2.82. The van der Waals surface area contributed by atoms with Crippen molar-refractivity contribution in [3.63, 3.8) is 0 Å². The van der Waals surface area contributed by atoms with Crippen LogP contribution in [0.4, 0.5) is 5.69 Å².